The molecule has 0 fully saturated rings. The van der Waals surface area contributed by atoms with Crippen LogP contribution in [0, 0.1) is 11.3 Å². The zero-order valence-corrected chi connectivity index (χ0v) is 14.4. The molecular weight excluding hydrogens is 322 g/mol. The summed E-state index contributed by atoms with van der Waals surface area (Å²) in [6.45, 7) is 2.35. The van der Waals surface area contributed by atoms with Crippen molar-refractivity contribution in [3.8, 4) is 6.07 Å². The number of rotatable bonds is 4. The summed E-state index contributed by atoms with van der Waals surface area (Å²) in [7, 11) is 1.74. The van der Waals surface area contributed by atoms with E-state index in [2.05, 4.69) is 11.1 Å². The molecule has 3 rings (SSSR count). The molecule has 1 N–H and O–H groups in total. The fourth-order valence-electron chi connectivity index (χ4n) is 2.96. The number of likely N-dealkylation sites (N-methyl/N-ethyl adjacent to an activating group) is 1. The normalized spacial score (nSPS) is 12.2. The van der Waals surface area contributed by atoms with Gasteiger partial charge >= 0.3 is 0 Å². The van der Waals surface area contributed by atoms with E-state index < -0.39 is 0 Å². The molecule has 0 bridgehead atoms. The summed E-state index contributed by atoms with van der Waals surface area (Å²) in [5.74, 6) is -0.239. The number of hydrogen-bond acceptors (Lipinski definition) is 2. The Bertz CT molecular complexity index is 954. The van der Waals surface area contributed by atoms with Gasteiger partial charge in [-0.05, 0) is 36.8 Å². The molecule has 1 aromatic heterocycles. The van der Waals surface area contributed by atoms with Crippen molar-refractivity contribution in [2.24, 2.45) is 0 Å². The molecule has 3 aromatic rings. The molecule has 0 radical (unpaired) electrons. The summed E-state index contributed by atoms with van der Waals surface area (Å²) < 4.78 is 0. The fourth-order valence-corrected chi connectivity index (χ4v) is 3.14. The Morgan fingerprint density at radius 2 is 2.04 bits per heavy atom. The number of nitrogens with one attached hydrogen (secondary N) is 1. The third kappa shape index (κ3) is 2.95. The summed E-state index contributed by atoms with van der Waals surface area (Å²) in [5.41, 5.74) is 2.97. The summed E-state index contributed by atoms with van der Waals surface area (Å²) in [6.07, 6.45) is 0.344. The molecule has 0 aliphatic carbocycles. The second kappa shape index (κ2) is 6.54. The molecule has 5 heteroatoms. The van der Waals surface area contributed by atoms with Crippen LogP contribution in [0.2, 0.25) is 5.02 Å². The lowest BCUT2D eigenvalue weighted by Crippen LogP contribution is -2.31. The molecule has 0 unspecified atom stereocenters. The van der Waals surface area contributed by atoms with Crippen LogP contribution in [0.5, 0.6) is 0 Å². The van der Waals surface area contributed by atoms with Crippen molar-refractivity contribution in [2.45, 2.75) is 19.3 Å². The lowest BCUT2D eigenvalue weighted by atomic mass is 9.98. The fraction of sp³-hybridized carbons (Fsp3) is 0.263. The van der Waals surface area contributed by atoms with Gasteiger partial charge in [0.2, 0.25) is 5.91 Å². The number of carbonyl (C=O) groups excluding carboxylic acids is 1. The van der Waals surface area contributed by atoms with Gasteiger partial charge in [-0.3, -0.25) is 4.79 Å². The van der Waals surface area contributed by atoms with E-state index in [1.165, 1.54) is 0 Å². The number of hydrogen-bond donors (Lipinski definition) is 1. The molecule has 0 saturated carbocycles. The van der Waals surface area contributed by atoms with Crippen LogP contribution in [0.3, 0.4) is 0 Å². The molecule has 0 aliphatic heterocycles. The van der Waals surface area contributed by atoms with Gasteiger partial charge in [-0.1, -0.05) is 23.7 Å². The first kappa shape index (κ1) is 16.4. The average Bonchev–Trinajstić information content (AvgIpc) is 2.95. The molecule has 1 amide bonds. The van der Waals surface area contributed by atoms with Crippen LogP contribution in [-0.2, 0) is 4.79 Å². The first-order valence-corrected chi connectivity index (χ1v) is 8.22. The molecule has 1 heterocycles. The molecule has 24 heavy (non-hydrogen) atoms. The van der Waals surface area contributed by atoms with Crippen LogP contribution in [-0.4, -0.2) is 29.4 Å². The van der Waals surface area contributed by atoms with E-state index in [0.717, 1.165) is 27.4 Å². The van der Waals surface area contributed by atoms with Gasteiger partial charge in [-0.2, -0.15) is 5.26 Å². The van der Waals surface area contributed by atoms with E-state index in [0.29, 0.717) is 18.0 Å². The topological polar surface area (TPSA) is 59.9 Å². The number of benzene rings is 2. The van der Waals surface area contributed by atoms with Crippen molar-refractivity contribution in [3.05, 3.63) is 47.0 Å². The second-order valence-corrected chi connectivity index (χ2v) is 6.45. The predicted octanol–water partition coefficient (Wildman–Crippen LogP) is 4.45. The van der Waals surface area contributed by atoms with Gasteiger partial charge in [0.1, 0.15) is 0 Å². The number of aromatic amines is 1. The minimum absolute atomic E-state index is 0.0174. The Hall–Kier alpha value is -2.51. The molecular formula is C19H18ClN3O. The Morgan fingerprint density at radius 3 is 2.79 bits per heavy atom. The molecule has 4 nitrogen and oxygen atoms in total. The van der Waals surface area contributed by atoms with Crippen molar-refractivity contribution < 1.29 is 4.79 Å². The van der Waals surface area contributed by atoms with E-state index in [4.69, 9.17) is 16.9 Å². The number of nitriles is 1. The van der Waals surface area contributed by atoms with Crippen LogP contribution in [0.15, 0.2) is 36.4 Å². The minimum Gasteiger partial charge on any atom is -0.355 e. The molecule has 0 aliphatic rings. The monoisotopic (exact) mass is 339 g/mol. The molecule has 0 spiro atoms. The third-order valence-electron chi connectivity index (χ3n) is 4.39. The van der Waals surface area contributed by atoms with Crippen LogP contribution < -0.4 is 0 Å². The maximum atomic E-state index is 12.5. The zero-order chi connectivity index (χ0) is 17.3. The van der Waals surface area contributed by atoms with Crippen molar-refractivity contribution >= 4 is 39.3 Å². The van der Waals surface area contributed by atoms with Gasteiger partial charge in [-0.25, -0.2) is 0 Å². The van der Waals surface area contributed by atoms with Gasteiger partial charge in [0.25, 0.3) is 0 Å². The third-order valence-corrected chi connectivity index (χ3v) is 4.63. The maximum Gasteiger partial charge on any atom is 0.229 e. The number of carbonyl (C=O) groups is 1. The largest absolute Gasteiger partial charge is 0.355 e. The molecule has 0 saturated heterocycles. The first-order valence-electron chi connectivity index (χ1n) is 7.84. The van der Waals surface area contributed by atoms with E-state index in [9.17, 15) is 4.79 Å². The summed E-state index contributed by atoms with van der Waals surface area (Å²) in [6, 6.07) is 13.9. The highest BCUT2D eigenvalue weighted by Crippen LogP contribution is 2.30. The number of H-pyrrole nitrogens is 1. The highest BCUT2D eigenvalue weighted by molar-refractivity contribution is 6.31. The first-order chi connectivity index (χ1) is 11.5. The van der Waals surface area contributed by atoms with Crippen LogP contribution in [0.25, 0.3) is 21.8 Å². The predicted molar refractivity (Wildman–Crippen MR) is 97.1 cm³/mol. The summed E-state index contributed by atoms with van der Waals surface area (Å²) in [5, 5.41) is 11.5. The standard InChI is InChI=1S/C19H18ClN3O/c1-12(19(24)23(2)9-3-8-21)13-4-6-15-16-11-14(20)5-7-17(16)22-18(15)10-13/h4-7,10-12,22H,3,9H2,1-2H3/t12-/m1/s1. The lowest BCUT2D eigenvalue weighted by molar-refractivity contribution is -0.131. The van der Waals surface area contributed by atoms with Gasteiger partial charge < -0.3 is 9.88 Å². The number of amides is 1. The second-order valence-electron chi connectivity index (χ2n) is 6.01. The van der Waals surface area contributed by atoms with Crippen molar-refractivity contribution in [1.29, 1.82) is 5.26 Å². The quantitative estimate of drug-likeness (QED) is 0.763. The summed E-state index contributed by atoms with van der Waals surface area (Å²) >= 11 is 6.09. The van der Waals surface area contributed by atoms with Gasteiger partial charge in [0, 0.05) is 40.4 Å². The average molecular weight is 340 g/mol. The molecule has 2 aromatic carbocycles. The molecule has 1 atom stereocenters. The van der Waals surface area contributed by atoms with Crippen molar-refractivity contribution in [1.82, 2.24) is 9.88 Å². The zero-order valence-electron chi connectivity index (χ0n) is 13.6. The Kier molecular flexibility index (Phi) is 4.46. The van der Waals surface area contributed by atoms with Gasteiger partial charge in [-0.15, -0.1) is 0 Å². The highest BCUT2D eigenvalue weighted by Gasteiger charge is 2.19. The van der Waals surface area contributed by atoms with Crippen LogP contribution >= 0.6 is 11.6 Å². The number of nitrogens with zero attached hydrogens (tertiary/aromatic N) is 2. The van der Waals surface area contributed by atoms with Gasteiger partial charge in [0.05, 0.1) is 18.4 Å². The Labute approximate surface area is 145 Å². The van der Waals surface area contributed by atoms with Crippen molar-refractivity contribution in [2.75, 3.05) is 13.6 Å². The number of aromatic nitrogens is 1. The number of fused-ring (bicyclic) bond motifs is 3. The Balaban J connectivity index is 1.94. The molecule has 122 valence electrons. The van der Waals surface area contributed by atoms with E-state index in [-0.39, 0.29) is 11.8 Å². The highest BCUT2D eigenvalue weighted by atomic mass is 35.5. The van der Waals surface area contributed by atoms with Crippen LogP contribution in [0.4, 0.5) is 0 Å². The van der Waals surface area contributed by atoms with Crippen molar-refractivity contribution in [3.63, 3.8) is 0 Å². The smallest absolute Gasteiger partial charge is 0.229 e. The van der Waals surface area contributed by atoms with E-state index >= 15 is 0 Å². The van der Waals surface area contributed by atoms with E-state index in [1.807, 2.05) is 43.3 Å². The summed E-state index contributed by atoms with van der Waals surface area (Å²) in [4.78, 5) is 17.5. The van der Waals surface area contributed by atoms with Crippen LogP contribution in [0.1, 0.15) is 24.8 Å². The van der Waals surface area contributed by atoms with Gasteiger partial charge in [0.15, 0.2) is 0 Å². The number of halogens is 1. The minimum atomic E-state index is -0.256. The maximum absolute atomic E-state index is 12.5. The SMILES string of the molecule is C[C@@H](C(=O)N(C)CCC#N)c1ccc2c(c1)[nH]c1ccc(Cl)cc12. The Morgan fingerprint density at radius 1 is 1.25 bits per heavy atom. The van der Waals surface area contributed by atoms with E-state index in [1.54, 1.807) is 11.9 Å². The lowest BCUT2D eigenvalue weighted by Gasteiger charge is -2.20.